The van der Waals surface area contributed by atoms with E-state index in [9.17, 15) is 34.4 Å². The summed E-state index contributed by atoms with van der Waals surface area (Å²) in [5, 5.41) is 1.14. The summed E-state index contributed by atoms with van der Waals surface area (Å²) < 4.78 is 96.6. The molecular weight excluding hydrogens is 432 g/mol. The molecule has 0 amide bonds. The van der Waals surface area contributed by atoms with E-state index in [0.29, 0.717) is 12.1 Å². The van der Waals surface area contributed by atoms with Crippen LogP contribution in [0.5, 0.6) is 0 Å². The van der Waals surface area contributed by atoms with Gasteiger partial charge in [-0.1, -0.05) is 0 Å². The van der Waals surface area contributed by atoms with Gasteiger partial charge in [0.1, 0.15) is 9.79 Å². The predicted molar refractivity (Wildman–Crippen MR) is 93.8 cm³/mol. The molecule has 2 aromatic carbocycles. The van der Waals surface area contributed by atoms with Crippen LogP contribution >= 0.6 is 12.2 Å². The minimum atomic E-state index is -4.99. The van der Waals surface area contributed by atoms with Crippen molar-refractivity contribution in [3.8, 4) is 0 Å². The van der Waals surface area contributed by atoms with E-state index in [0.717, 1.165) is 12.1 Å². The summed E-state index contributed by atoms with van der Waals surface area (Å²) in [5.41, 5.74) is 4.83. The first-order valence-electron chi connectivity index (χ1n) is 6.21. The summed E-state index contributed by atoms with van der Waals surface area (Å²) in [6, 6.07) is 2.81. The second-order valence-corrected chi connectivity index (χ2v) is 9.55. The fourth-order valence-corrected chi connectivity index (χ4v) is 4.26. The van der Waals surface area contributed by atoms with Crippen molar-refractivity contribution in [2.24, 2.45) is 5.73 Å². The number of thiocarbonyl (C=S) groups is 1. The lowest BCUT2D eigenvalue weighted by Gasteiger charge is -2.13. The van der Waals surface area contributed by atoms with Crippen LogP contribution in [0.1, 0.15) is 0 Å². The van der Waals surface area contributed by atoms with Gasteiger partial charge in [-0.3, -0.25) is 13.7 Å². The van der Waals surface area contributed by atoms with Crippen LogP contribution in [0.25, 0.3) is 10.8 Å². The Morgan fingerprint density at radius 3 is 1.81 bits per heavy atom. The molecule has 0 atom stereocenters. The molecule has 0 spiro atoms. The van der Waals surface area contributed by atoms with E-state index in [1.165, 1.54) is 0 Å². The van der Waals surface area contributed by atoms with Crippen LogP contribution in [-0.2, 0) is 30.4 Å². The average Bonchev–Trinajstić information content (AvgIpc) is 2.41. The first-order chi connectivity index (χ1) is 11.6. The zero-order valence-corrected chi connectivity index (χ0v) is 15.6. The lowest BCUT2D eigenvalue weighted by molar-refractivity contribution is 0.480. The van der Waals surface area contributed by atoms with Gasteiger partial charge in [0.05, 0.1) is 10.6 Å². The third kappa shape index (κ3) is 4.26. The van der Waals surface area contributed by atoms with Crippen molar-refractivity contribution in [2.75, 3.05) is 5.32 Å². The van der Waals surface area contributed by atoms with Gasteiger partial charge in [0.15, 0.2) is 5.11 Å². The zero-order chi connectivity index (χ0) is 20.1. The van der Waals surface area contributed by atoms with Crippen molar-refractivity contribution in [1.82, 2.24) is 0 Å². The van der Waals surface area contributed by atoms with Gasteiger partial charge < -0.3 is 11.1 Å². The lowest BCUT2D eigenvalue weighted by Crippen LogP contribution is -2.20. The molecule has 0 radical (unpaired) electrons. The van der Waals surface area contributed by atoms with E-state index in [4.69, 9.17) is 10.3 Å². The highest BCUT2D eigenvalue weighted by Gasteiger charge is 2.24. The normalized spacial score (nSPS) is 12.9. The molecule has 0 saturated heterocycles. The first kappa shape index (κ1) is 20.4. The smallest absolute Gasteiger partial charge is 0.296 e. The molecule has 0 aliphatic carbocycles. The molecule has 0 heterocycles. The maximum atomic E-state index is 11.6. The Hall–Kier alpha value is -1.88. The van der Waals surface area contributed by atoms with E-state index in [1.807, 2.05) is 0 Å². The monoisotopic (exact) mass is 442 g/mol. The molecule has 0 unspecified atom stereocenters. The molecule has 2 aromatic rings. The summed E-state index contributed by atoms with van der Waals surface area (Å²) in [6.07, 6.45) is 0. The molecular formula is C11H10N2O9S4. The summed E-state index contributed by atoms with van der Waals surface area (Å²) in [6.45, 7) is 0. The standard InChI is InChI=1S/C11H10N2O9S4/c12-11(23)13-8-4-7-5(2-10(8)26(20,21)22)1-6(24(14,15)16)3-9(7)25(17,18)19/h1-4H,(H3,12,13,23)(H,14,15,16)(H,17,18,19)(H,20,21,22). The quantitative estimate of drug-likeness (QED) is 0.319. The van der Waals surface area contributed by atoms with E-state index in [2.05, 4.69) is 17.5 Å². The van der Waals surface area contributed by atoms with Crippen LogP contribution < -0.4 is 11.1 Å². The fraction of sp³-hybridized carbons (Fsp3) is 0. The van der Waals surface area contributed by atoms with Gasteiger partial charge in [-0.05, 0) is 41.9 Å². The molecule has 0 aliphatic heterocycles. The minimum Gasteiger partial charge on any atom is -0.376 e. The number of hydrogen-bond acceptors (Lipinski definition) is 7. The van der Waals surface area contributed by atoms with Crippen LogP contribution in [0, 0.1) is 0 Å². The zero-order valence-electron chi connectivity index (χ0n) is 12.3. The molecule has 0 bridgehead atoms. The number of hydrogen-bond donors (Lipinski definition) is 5. The Morgan fingerprint density at radius 1 is 0.846 bits per heavy atom. The third-order valence-electron chi connectivity index (χ3n) is 3.10. The van der Waals surface area contributed by atoms with Crippen LogP contribution in [0.15, 0.2) is 39.0 Å². The van der Waals surface area contributed by atoms with Crippen molar-refractivity contribution in [3.05, 3.63) is 24.3 Å². The molecule has 0 saturated carbocycles. The summed E-state index contributed by atoms with van der Waals surface area (Å²) in [7, 11) is -14.8. The van der Waals surface area contributed by atoms with Gasteiger partial charge in [0.2, 0.25) is 0 Å². The van der Waals surface area contributed by atoms with Gasteiger partial charge in [-0.25, -0.2) is 0 Å². The number of rotatable bonds is 4. The van der Waals surface area contributed by atoms with E-state index >= 15 is 0 Å². The van der Waals surface area contributed by atoms with Crippen molar-refractivity contribution in [1.29, 1.82) is 0 Å². The van der Waals surface area contributed by atoms with Crippen molar-refractivity contribution in [3.63, 3.8) is 0 Å². The molecule has 0 fully saturated rings. The SMILES string of the molecule is NC(=S)Nc1cc2c(S(=O)(=O)O)cc(S(=O)(=O)O)cc2cc1S(=O)(=O)O. The largest absolute Gasteiger partial charge is 0.376 e. The molecule has 11 nitrogen and oxygen atoms in total. The number of nitrogens with one attached hydrogen (secondary N) is 1. The van der Waals surface area contributed by atoms with Gasteiger partial charge >= 0.3 is 0 Å². The summed E-state index contributed by atoms with van der Waals surface area (Å²) >= 11 is 4.57. The number of nitrogens with two attached hydrogens (primary N) is 1. The van der Waals surface area contributed by atoms with Crippen LogP contribution in [0.3, 0.4) is 0 Å². The maximum Gasteiger partial charge on any atom is 0.296 e. The van der Waals surface area contributed by atoms with Crippen molar-refractivity contribution >= 4 is 64.1 Å². The maximum absolute atomic E-state index is 11.6. The van der Waals surface area contributed by atoms with E-state index in [1.54, 1.807) is 0 Å². The lowest BCUT2D eigenvalue weighted by atomic mass is 10.1. The molecule has 142 valence electrons. The number of benzene rings is 2. The number of fused-ring (bicyclic) bond motifs is 1. The van der Waals surface area contributed by atoms with Crippen LogP contribution in [0.4, 0.5) is 5.69 Å². The molecule has 0 aliphatic rings. The predicted octanol–water partition coefficient (Wildman–Crippen LogP) is 0.235. The highest BCUT2D eigenvalue weighted by Crippen LogP contribution is 2.33. The Bertz CT molecular complexity index is 1250. The second-order valence-electron chi connectivity index (χ2n) is 4.91. The second kappa shape index (κ2) is 6.38. The third-order valence-corrected chi connectivity index (χ3v) is 5.82. The highest BCUT2D eigenvalue weighted by molar-refractivity contribution is 7.87. The van der Waals surface area contributed by atoms with Gasteiger partial charge in [0, 0.05) is 5.39 Å². The van der Waals surface area contributed by atoms with E-state index < -0.39 is 55.8 Å². The highest BCUT2D eigenvalue weighted by atomic mass is 32.2. The average molecular weight is 442 g/mol. The Labute approximate surface area is 153 Å². The van der Waals surface area contributed by atoms with Crippen molar-refractivity contribution in [2.45, 2.75) is 14.7 Å². The first-order valence-corrected chi connectivity index (χ1v) is 10.9. The molecule has 2 rings (SSSR count). The van der Waals surface area contributed by atoms with Gasteiger partial charge in [0.25, 0.3) is 30.4 Å². The molecule has 26 heavy (non-hydrogen) atoms. The van der Waals surface area contributed by atoms with E-state index in [-0.39, 0.29) is 10.8 Å². The Kier molecular flexibility index (Phi) is 5.01. The molecule has 15 heteroatoms. The number of anilines is 1. The topological polar surface area (TPSA) is 201 Å². The van der Waals surface area contributed by atoms with Gasteiger partial charge in [-0.2, -0.15) is 25.3 Å². The fourth-order valence-electron chi connectivity index (χ4n) is 2.14. The molecule has 6 N–H and O–H groups in total. The minimum absolute atomic E-state index is 0.328. The van der Waals surface area contributed by atoms with Crippen molar-refractivity contribution < 1.29 is 38.9 Å². The van der Waals surface area contributed by atoms with Gasteiger partial charge in [-0.15, -0.1) is 0 Å². The van der Waals surface area contributed by atoms with Crippen LogP contribution in [0.2, 0.25) is 0 Å². The summed E-state index contributed by atoms with van der Waals surface area (Å²) in [4.78, 5) is -2.66. The summed E-state index contributed by atoms with van der Waals surface area (Å²) in [5.74, 6) is 0. The Balaban J connectivity index is 3.09. The Morgan fingerprint density at radius 2 is 1.38 bits per heavy atom. The van der Waals surface area contributed by atoms with Crippen LogP contribution in [-0.4, -0.2) is 44.0 Å². The molecule has 0 aromatic heterocycles.